The Morgan fingerprint density at radius 2 is 1.70 bits per heavy atom. The number of benzene rings is 1. The number of carbonyl (C=O) groups is 1. The molecular weight excluding hydrogens is 421 g/mol. The first-order chi connectivity index (χ1) is 13.8. The molecule has 0 aromatic heterocycles. The number of hydrogen-bond acceptors (Lipinski definition) is 7. The summed E-state index contributed by atoms with van der Waals surface area (Å²) in [7, 11) is 0. The highest BCUT2D eigenvalue weighted by atomic mass is 19.4. The smallest absolute Gasteiger partial charge is 0.456 e. The minimum absolute atomic E-state index is 0.0517. The van der Waals surface area contributed by atoms with Crippen LogP contribution in [0.25, 0.3) is 0 Å². The Bertz CT molecular complexity index is 685. The Morgan fingerprint density at radius 3 is 2.17 bits per heavy atom. The summed E-state index contributed by atoms with van der Waals surface area (Å²) in [6.45, 7) is -1.40. The van der Waals surface area contributed by atoms with Crippen LogP contribution in [0.1, 0.15) is 18.9 Å². The number of esters is 1. The molecule has 0 aliphatic rings. The van der Waals surface area contributed by atoms with Crippen molar-refractivity contribution in [2.24, 2.45) is 5.73 Å². The molecule has 1 rings (SSSR count). The second-order valence-corrected chi connectivity index (χ2v) is 6.60. The van der Waals surface area contributed by atoms with Crippen molar-refractivity contribution >= 4 is 5.97 Å². The molecule has 0 saturated heterocycles. The van der Waals surface area contributed by atoms with Gasteiger partial charge in [0.1, 0.15) is 11.9 Å². The van der Waals surface area contributed by atoms with Crippen LogP contribution >= 0.6 is 0 Å². The summed E-state index contributed by atoms with van der Waals surface area (Å²) in [5.41, 5.74) is 3.97. The van der Waals surface area contributed by atoms with E-state index < -0.39 is 49.0 Å². The van der Waals surface area contributed by atoms with Gasteiger partial charge in [-0.2, -0.15) is 22.0 Å². The van der Waals surface area contributed by atoms with Gasteiger partial charge in [-0.15, -0.1) is 0 Å². The average molecular weight is 445 g/mol. The van der Waals surface area contributed by atoms with Crippen molar-refractivity contribution in [3.05, 3.63) is 29.8 Å². The van der Waals surface area contributed by atoms with E-state index in [9.17, 15) is 42.1 Å². The lowest BCUT2D eigenvalue weighted by atomic mass is 9.88. The van der Waals surface area contributed by atoms with E-state index in [1.165, 1.54) is 31.2 Å². The summed E-state index contributed by atoms with van der Waals surface area (Å²) in [6, 6.07) is 5.08. The monoisotopic (exact) mass is 445 g/mol. The third-order valence-corrected chi connectivity index (χ3v) is 4.30. The molecule has 172 valence electrons. The summed E-state index contributed by atoms with van der Waals surface area (Å²) in [4.78, 5) is 11.8. The van der Waals surface area contributed by atoms with Crippen LogP contribution in [-0.2, 0) is 16.0 Å². The largest absolute Gasteiger partial charge is 0.487 e. The molecule has 0 spiro atoms. The summed E-state index contributed by atoms with van der Waals surface area (Å²) >= 11 is 0. The van der Waals surface area contributed by atoms with E-state index in [-0.39, 0.29) is 25.2 Å². The Hall–Kier alpha value is -2.02. The van der Waals surface area contributed by atoms with Crippen LogP contribution in [0.5, 0.6) is 5.75 Å². The standard InChI is InChI=1S/C18H24F5NO6/c1-2-29-15(28)16(24,9-25)14(27)13(26)8-5-11-3-6-12(7-4-11)30-10-17(19,20)18(21,22)23/h3-4,6-7,13-14,25-27H,2,5,8-10,24H2,1H3. The van der Waals surface area contributed by atoms with E-state index in [0.717, 1.165) is 0 Å². The molecular formula is C18H24F5NO6. The fraction of sp³-hybridized carbons (Fsp3) is 0.611. The van der Waals surface area contributed by atoms with E-state index >= 15 is 0 Å². The van der Waals surface area contributed by atoms with Gasteiger partial charge in [0.2, 0.25) is 0 Å². The van der Waals surface area contributed by atoms with Gasteiger partial charge in [0.25, 0.3) is 0 Å². The molecule has 3 atom stereocenters. The molecule has 1 aromatic rings. The number of hydrogen-bond donors (Lipinski definition) is 4. The third kappa shape index (κ3) is 6.49. The van der Waals surface area contributed by atoms with Gasteiger partial charge < -0.3 is 30.5 Å². The fourth-order valence-corrected chi connectivity index (χ4v) is 2.37. The topological polar surface area (TPSA) is 122 Å². The fourth-order valence-electron chi connectivity index (χ4n) is 2.37. The molecule has 0 heterocycles. The average Bonchev–Trinajstić information content (AvgIpc) is 2.69. The maximum Gasteiger partial charge on any atom is 0.456 e. The molecule has 0 aliphatic carbocycles. The molecule has 0 fully saturated rings. The summed E-state index contributed by atoms with van der Waals surface area (Å²) in [5, 5.41) is 29.6. The van der Waals surface area contributed by atoms with E-state index in [0.29, 0.717) is 5.56 Å². The number of aliphatic hydroxyl groups excluding tert-OH is 3. The van der Waals surface area contributed by atoms with Crippen molar-refractivity contribution < 1.29 is 51.5 Å². The predicted molar refractivity (Wildman–Crippen MR) is 93.9 cm³/mol. The number of nitrogens with two attached hydrogens (primary N) is 1. The van der Waals surface area contributed by atoms with Gasteiger partial charge in [0.15, 0.2) is 12.1 Å². The van der Waals surface area contributed by atoms with Gasteiger partial charge in [-0.3, -0.25) is 0 Å². The van der Waals surface area contributed by atoms with Crippen LogP contribution in [-0.4, -0.2) is 71.0 Å². The zero-order valence-electron chi connectivity index (χ0n) is 16.0. The first-order valence-corrected chi connectivity index (χ1v) is 8.88. The van der Waals surface area contributed by atoms with Crippen LogP contribution in [0.2, 0.25) is 0 Å². The second kappa shape index (κ2) is 10.3. The van der Waals surface area contributed by atoms with Crippen LogP contribution in [0.15, 0.2) is 24.3 Å². The van der Waals surface area contributed by atoms with Crippen LogP contribution in [0.3, 0.4) is 0 Å². The molecule has 3 unspecified atom stereocenters. The number of aryl methyl sites for hydroxylation is 1. The highest BCUT2D eigenvalue weighted by molar-refractivity contribution is 5.81. The Labute approximate surface area is 169 Å². The van der Waals surface area contributed by atoms with Gasteiger partial charge in [-0.1, -0.05) is 12.1 Å². The molecule has 0 aliphatic heterocycles. The number of aliphatic hydroxyl groups is 3. The lowest BCUT2D eigenvalue weighted by Crippen LogP contribution is -2.64. The maximum atomic E-state index is 12.8. The van der Waals surface area contributed by atoms with Crippen LogP contribution in [0.4, 0.5) is 22.0 Å². The number of halogens is 5. The summed E-state index contributed by atoms with van der Waals surface area (Å²) < 4.78 is 71.2. The van der Waals surface area contributed by atoms with Crippen molar-refractivity contribution in [1.29, 1.82) is 0 Å². The van der Waals surface area contributed by atoms with Crippen LogP contribution in [0, 0.1) is 0 Å². The number of rotatable bonds is 11. The molecule has 0 radical (unpaired) electrons. The SMILES string of the molecule is CCOC(=O)C(N)(CO)C(O)C(O)CCc1ccc(OCC(F)(F)C(F)(F)F)cc1. The van der Waals surface area contributed by atoms with Crippen molar-refractivity contribution in [3.8, 4) is 5.75 Å². The van der Waals surface area contributed by atoms with Gasteiger partial charge in [-0.05, 0) is 37.5 Å². The van der Waals surface area contributed by atoms with E-state index in [1.807, 2.05) is 0 Å². The minimum atomic E-state index is -5.72. The highest BCUT2D eigenvalue weighted by Gasteiger charge is 2.58. The van der Waals surface area contributed by atoms with Crippen molar-refractivity contribution in [3.63, 3.8) is 0 Å². The summed E-state index contributed by atoms with van der Waals surface area (Å²) in [5.74, 6) is -6.30. The van der Waals surface area contributed by atoms with E-state index in [1.54, 1.807) is 0 Å². The zero-order valence-corrected chi connectivity index (χ0v) is 16.0. The molecule has 0 bridgehead atoms. The highest BCUT2D eigenvalue weighted by Crippen LogP contribution is 2.35. The molecule has 0 amide bonds. The molecule has 1 aromatic carbocycles. The Morgan fingerprint density at radius 1 is 1.13 bits per heavy atom. The van der Waals surface area contributed by atoms with Crippen molar-refractivity contribution in [2.75, 3.05) is 19.8 Å². The molecule has 7 nitrogen and oxygen atoms in total. The van der Waals surface area contributed by atoms with Crippen molar-refractivity contribution in [2.45, 2.75) is 49.6 Å². The molecule has 12 heteroatoms. The summed E-state index contributed by atoms with van der Waals surface area (Å²) in [6.07, 6.45) is -9.06. The number of carbonyl (C=O) groups excluding carboxylic acids is 1. The predicted octanol–water partition coefficient (Wildman–Crippen LogP) is 1.17. The van der Waals surface area contributed by atoms with Gasteiger partial charge in [-0.25, -0.2) is 4.79 Å². The van der Waals surface area contributed by atoms with Crippen LogP contribution < -0.4 is 10.5 Å². The zero-order chi connectivity index (χ0) is 23.2. The van der Waals surface area contributed by atoms with Gasteiger partial charge in [0, 0.05) is 0 Å². The van der Waals surface area contributed by atoms with E-state index in [2.05, 4.69) is 9.47 Å². The number of ether oxygens (including phenoxy) is 2. The minimum Gasteiger partial charge on any atom is -0.487 e. The number of alkyl halides is 5. The van der Waals surface area contributed by atoms with E-state index in [4.69, 9.17) is 5.73 Å². The third-order valence-electron chi connectivity index (χ3n) is 4.30. The maximum absolute atomic E-state index is 12.8. The van der Waals surface area contributed by atoms with Gasteiger partial charge >= 0.3 is 18.1 Å². The van der Waals surface area contributed by atoms with Crippen molar-refractivity contribution in [1.82, 2.24) is 0 Å². The molecule has 0 saturated carbocycles. The quantitative estimate of drug-likeness (QED) is 0.298. The Kier molecular flexibility index (Phi) is 8.96. The molecule has 30 heavy (non-hydrogen) atoms. The lowest BCUT2D eigenvalue weighted by molar-refractivity contribution is -0.290. The van der Waals surface area contributed by atoms with Gasteiger partial charge in [0.05, 0.1) is 19.3 Å². The molecule has 5 N–H and O–H groups in total. The first-order valence-electron chi connectivity index (χ1n) is 8.88. The Balaban J connectivity index is 2.65. The normalized spacial score (nSPS) is 16.5. The lowest BCUT2D eigenvalue weighted by Gasteiger charge is -2.32. The first kappa shape index (κ1) is 26.0. The second-order valence-electron chi connectivity index (χ2n) is 6.60.